The average molecular weight is 283 g/mol. The van der Waals surface area contributed by atoms with E-state index in [1.54, 1.807) is 6.92 Å². The SMILES string of the molecule is CC(CC(=O)N(CC(=O)O)CC(F)(F)F)C(C)(C)C. The smallest absolute Gasteiger partial charge is 0.406 e. The fraction of sp³-hybridized carbons (Fsp3) is 0.833. The first-order chi connectivity index (χ1) is 8.33. The monoisotopic (exact) mass is 283 g/mol. The Morgan fingerprint density at radius 3 is 2.00 bits per heavy atom. The van der Waals surface area contributed by atoms with Crippen LogP contribution in [0.3, 0.4) is 0 Å². The van der Waals surface area contributed by atoms with E-state index in [1.165, 1.54) is 0 Å². The Morgan fingerprint density at radius 2 is 1.68 bits per heavy atom. The summed E-state index contributed by atoms with van der Waals surface area (Å²) in [5, 5.41) is 8.56. The van der Waals surface area contributed by atoms with Crippen LogP contribution in [0.4, 0.5) is 13.2 Å². The lowest BCUT2D eigenvalue weighted by Gasteiger charge is -2.29. The summed E-state index contributed by atoms with van der Waals surface area (Å²) in [5.41, 5.74) is -0.233. The van der Waals surface area contributed by atoms with Crippen molar-refractivity contribution in [1.29, 1.82) is 0 Å². The molecule has 1 unspecified atom stereocenters. The number of alkyl halides is 3. The third-order valence-electron chi connectivity index (χ3n) is 3.01. The summed E-state index contributed by atoms with van der Waals surface area (Å²) >= 11 is 0. The predicted octanol–water partition coefficient (Wildman–Crippen LogP) is 2.53. The first kappa shape index (κ1) is 17.7. The highest BCUT2D eigenvalue weighted by atomic mass is 19.4. The predicted molar refractivity (Wildman–Crippen MR) is 63.5 cm³/mol. The van der Waals surface area contributed by atoms with E-state index in [0.717, 1.165) is 0 Å². The van der Waals surface area contributed by atoms with Gasteiger partial charge in [-0.2, -0.15) is 13.2 Å². The molecule has 4 nitrogen and oxygen atoms in total. The second kappa shape index (κ2) is 6.25. The number of carboxylic acid groups (broad SMARTS) is 1. The largest absolute Gasteiger partial charge is 0.480 e. The van der Waals surface area contributed by atoms with Crippen LogP contribution in [-0.4, -0.2) is 41.1 Å². The number of nitrogens with zero attached hydrogens (tertiary/aromatic N) is 1. The maximum absolute atomic E-state index is 12.3. The van der Waals surface area contributed by atoms with Crippen molar-refractivity contribution in [1.82, 2.24) is 4.90 Å². The molecule has 0 aromatic carbocycles. The van der Waals surface area contributed by atoms with Gasteiger partial charge >= 0.3 is 12.1 Å². The van der Waals surface area contributed by atoms with Gasteiger partial charge in [-0.05, 0) is 11.3 Å². The molecule has 112 valence electrons. The van der Waals surface area contributed by atoms with Crippen LogP contribution in [0.15, 0.2) is 0 Å². The fourth-order valence-electron chi connectivity index (χ4n) is 1.31. The second-order valence-corrected chi connectivity index (χ2v) is 5.73. The second-order valence-electron chi connectivity index (χ2n) is 5.73. The van der Waals surface area contributed by atoms with E-state index >= 15 is 0 Å². The molecule has 0 heterocycles. The molecular formula is C12H20F3NO3. The van der Waals surface area contributed by atoms with Gasteiger partial charge in [0.2, 0.25) is 5.91 Å². The molecular weight excluding hydrogens is 263 g/mol. The summed E-state index contributed by atoms with van der Waals surface area (Å²) in [5.74, 6) is -2.40. The van der Waals surface area contributed by atoms with Gasteiger partial charge in [0.25, 0.3) is 0 Å². The molecule has 0 bridgehead atoms. The molecule has 1 atom stereocenters. The molecule has 0 aliphatic rings. The van der Waals surface area contributed by atoms with Crippen LogP contribution in [-0.2, 0) is 9.59 Å². The fourth-order valence-corrected chi connectivity index (χ4v) is 1.31. The van der Waals surface area contributed by atoms with Crippen molar-refractivity contribution in [2.45, 2.75) is 40.3 Å². The molecule has 0 aromatic rings. The van der Waals surface area contributed by atoms with Gasteiger partial charge in [-0.25, -0.2) is 0 Å². The third-order valence-corrected chi connectivity index (χ3v) is 3.01. The van der Waals surface area contributed by atoms with Crippen LogP contribution in [0.2, 0.25) is 0 Å². The van der Waals surface area contributed by atoms with Gasteiger partial charge in [-0.3, -0.25) is 9.59 Å². The molecule has 0 radical (unpaired) electrons. The molecule has 0 saturated carbocycles. The standard InChI is InChI=1S/C12H20F3NO3/c1-8(11(2,3)4)5-9(17)16(6-10(18)19)7-12(13,14)15/h8H,5-7H2,1-4H3,(H,18,19). The Balaban J connectivity index is 4.77. The lowest BCUT2D eigenvalue weighted by atomic mass is 9.80. The minimum Gasteiger partial charge on any atom is -0.480 e. The van der Waals surface area contributed by atoms with Crippen molar-refractivity contribution in [3.8, 4) is 0 Å². The number of carboxylic acids is 1. The van der Waals surface area contributed by atoms with Crippen LogP contribution in [0.1, 0.15) is 34.1 Å². The molecule has 0 fully saturated rings. The Morgan fingerprint density at radius 1 is 1.21 bits per heavy atom. The van der Waals surface area contributed by atoms with Gasteiger partial charge < -0.3 is 10.0 Å². The van der Waals surface area contributed by atoms with Gasteiger partial charge in [0.1, 0.15) is 13.1 Å². The van der Waals surface area contributed by atoms with Gasteiger partial charge in [0.15, 0.2) is 0 Å². The highest BCUT2D eigenvalue weighted by molar-refractivity contribution is 5.81. The lowest BCUT2D eigenvalue weighted by Crippen LogP contribution is -2.43. The zero-order valence-electron chi connectivity index (χ0n) is 11.5. The summed E-state index contributed by atoms with van der Waals surface area (Å²) in [6.45, 7) is 4.90. The molecule has 1 N–H and O–H groups in total. The number of carbonyl (C=O) groups is 2. The van der Waals surface area contributed by atoms with E-state index in [-0.39, 0.29) is 17.8 Å². The van der Waals surface area contributed by atoms with E-state index in [2.05, 4.69) is 0 Å². The van der Waals surface area contributed by atoms with Crippen LogP contribution < -0.4 is 0 Å². The Bertz CT molecular complexity index is 334. The molecule has 19 heavy (non-hydrogen) atoms. The summed E-state index contributed by atoms with van der Waals surface area (Å²) in [4.78, 5) is 22.6. The quantitative estimate of drug-likeness (QED) is 0.843. The maximum atomic E-state index is 12.3. The molecule has 0 aliphatic carbocycles. The highest BCUT2D eigenvalue weighted by Crippen LogP contribution is 2.29. The van der Waals surface area contributed by atoms with Gasteiger partial charge in [-0.15, -0.1) is 0 Å². The average Bonchev–Trinajstić information content (AvgIpc) is 2.11. The summed E-state index contributed by atoms with van der Waals surface area (Å²) < 4.78 is 36.9. The van der Waals surface area contributed by atoms with E-state index in [9.17, 15) is 22.8 Å². The molecule has 0 rings (SSSR count). The maximum Gasteiger partial charge on any atom is 0.406 e. The zero-order valence-corrected chi connectivity index (χ0v) is 11.5. The number of aliphatic carboxylic acids is 1. The number of hydrogen-bond donors (Lipinski definition) is 1. The zero-order chi connectivity index (χ0) is 15.4. The van der Waals surface area contributed by atoms with Gasteiger partial charge in [0, 0.05) is 6.42 Å². The van der Waals surface area contributed by atoms with Crippen molar-refractivity contribution < 1.29 is 27.9 Å². The Labute approximate surface area is 110 Å². The van der Waals surface area contributed by atoms with E-state index in [0.29, 0.717) is 4.90 Å². The molecule has 0 spiro atoms. The summed E-state index contributed by atoms with van der Waals surface area (Å²) in [7, 11) is 0. The van der Waals surface area contributed by atoms with Crippen LogP contribution in [0.25, 0.3) is 0 Å². The van der Waals surface area contributed by atoms with Crippen LogP contribution in [0, 0.1) is 11.3 Å². The van der Waals surface area contributed by atoms with Crippen molar-refractivity contribution in [3.05, 3.63) is 0 Å². The number of rotatable bonds is 5. The Kier molecular flexibility index (Phi) is 5.83. The highest BCUT2D eigenvalue weighted by Gasteiger charge is 2.35. The van der Waals surface area contributed by atoms with E-state index < -0.39 is 31.1 Å². The van der Waals surface area contributed by atoms with E-state index in [4.69, 9.17) is 5.11 Å². The molecule has 1 amide bonds. The number of halogens is 3. The summed E-state index contributed by atoms with van der Waals surface area (Å²) in [6.07, 6.45) is -4.71. The molecule has 0 saturated heterocycles. The number of carbonyl (C=O) groups excluding carboxylic acids is 1. The van der Waals surface area contributed by atoms with E-state index in [1.807, 2.05) is 20.8 Å². The topological polar surface area (TPSA) is 57.6 Å². The third kappa shape index (κ3) is 7.69. The first-order valence-corrected chi connectivity index (χ1v) is 5.89. The minimum atomic E-state index is -4.60. The molecule has 0 aromatic heterocycles. The Hall–Kier alpha value is -1.27. The van der Waals surface area contributed by atoms with Crippen molar-refractivity contribution in [3.63, 3.8) is 0 Å². The normalized spacial score (nSPS) is 14.1. The summed E-state index contributed by atoms with van der Waals surface area (Å²) in [6, 6.07) is 0. The van der Waals surface area contributed by atoms with Gasteiger partial charge in [0.05, 0.1) is 0 Å². The first-order valence-electron chi connectivity index (χ1n) is 5.89. The number of amides is 1. The van der Waals surface area contributed by atoms with Crippen molar-refractivity contribution in [2.24, 2.45) is 11.3 Å². The van der Waals surface area contributed by atoms with Crippen LogP contribution in [0.5, 0.6) is 0 Å². The molecule has 7 heteroatoms. The van der Waals surface area contributed by atoms with Gasteiger partial charge in [-0.1, -0.05) is 27.7 Å². The molecule has 0 aliphatic heterocycles. The van der Waals surface area contributed by atoms with Crippen molar-refractivity contribution >= 4 is 11.9 Å². The van der Waals surface area contributed by atoms with Crippen LogP contribution >= 0.6 is 0 Å². The minimum absolute atomic E-state index is 0.104. The lowest BCUT2D eigenvalue weighted by molar-refractivity contribution is -0.166. The number of hydrogen-bond acceptors (Lipinski definition) is 2. The van der Waals surface area contributed by atoms with Crippen molar-refractivity contribution in [2.75, 3.05) is 13.1 Å².